The number of hydrogen-bond donors (Lipinski definition) is 1. The van der Waals surface area contributed by atoms with Crippen molar-refractivity contribution in [3.8, 4) is 11.5 Å². The van der Waals surface area contributed by atoms with Crippen molar-refractivity contribution in [3.05, 3.63) is 42.3 Å². The minimum atomic E-state index is 0.106. The Morgan fingerprint density at radius 2 is 1.81 bits per heavy atom. The molecule has 0 bridgehead atoms. The Hall–Kier alpha value is -2.34. The van der Waals surface area contributed by atoms with Crippen LogP contribution in [0.2, 0.25) is 0 Å². The summed E-state index contributed by atoms with van der Waals surface area (Å²) in [5.74, 6) is 0.663. The number of amides is 2. The average Bonchev–Trinajstić information content (AvgIpc) is 3.18. The average molecular weight is 368 g/mol. The van der Waals surface area contributed by atoms with Gasteiger partial charge in [0.05, 0.1) is 5.69 Å². The normalized spacial score (nSPS) is 19.2. The SMILES string of the molecule is O=C(NC1CCCCC1)N1CCN(Cc2coc(-c3ccccc3)n2)CC1. The molecule has 1 aromatic heterocycles. The van der Waals surface area contributed by atoms with Gasteiger partial charge in [0.1, 0.15) is 6.26 Å². The van der Waals surface area contributed by atoms with Crippen LogP contribution in [0.25, 0.3) is 11.5 Å². The van der Waals surface area contributed by atoms with Gasteiger partial charge in [0, 0.05) is 44.3 Å². The largest absolute Gasteiger partial charge is 0.444 e. The summed E-state index contributed by atoms with van der Waals surface area (Å²) >= 11 is 0. The van der Waals surface area contributed by atoms with Gasteiger partial charge in [0.15, 0.2) is 0 Å². The van der Waals surface area contributed by atoms with Gasteiger partial charge in [-0.2, -0.15) is 0 Å². The van der Waals surface area contributed by atoms with Crippen LogP contribution in [-0.4, -0.2) is 53.0 Å². The third kappa shape index (κ3) is 4.69. The maximum Gasteiger partial charge on any atom is 0.317 e. The lowest BCUT2D eigenvalue weighted by Crippen LogP contribution is -2.53. The summed E-state index contributed by atoms with van der Waals surface area (Å²) in [5, 5.41) is 3.22. The van der Waals surface area contributed by atoms with Gasteiger partial charge < -0.3 is 14.6 Å². The zero-order chi connectivity index (χ0) is 18.5. The van der Waals surface area contributed by atoms with Gasteiger partial charge in [0.25, 0.3) is 0 Å². The summed E-state index contributed by atoms with van der Waals surface area (Å²) < 4.78 is 5.62. The van der Waals surface area contributed by atoms with Gasteiger partial charge in [0.2, 0.25) is 5.89 Å². The van der Waals surface area contributed by atoms with Crippen molar-refractivity contribution < 1.29 is 9.21 Å². The van der Waals surface area contributed by atoms with Crippen LogP contribution in [0.3, 0.4) is 0 Å². The van der Waals surface area contributed by atoms with Crippen molar-refractivity contribution in [3.63, 3.8) is 0 Å². The molecule has 6 nitrogen and oxygen atoms in total. The first-order valence-corrected chi connectivity index (χ1v) is 10.1. The van der Waals surface area contributed by atoms with Gasteiger partial charge in [-0.1, -0.05) is 37.5 Å². The zero-order valence-corrected chi connectivity index (χ0v) is 15.8. The topological polar surface area (TPSA) is 61.6 Å². The molecule has 1 aliphatic heterocycles. The maximum atomic E-state index is 12.5. The lowest BCUT2D eigenvalue weighted by Gasteiger charge is -2.35. The van der Waals surface area contributed by atoms with Crippen LogP contribution in [0.4, 0.5) is 4.79 Å². The van der Waals surface area contributed by atoms with E-state index < -0.39 is 0 Å². The number of hydrogen-bond acceptors (Lipinski definition) is 4. The molecule has 2 aromatic rings. The van der Waals surface area contributed by atoms with E-state index in [1.807, 2.05) is 35.2 Å². The molecule has 2 heterocycles. The summed E-state index contributed by atoms with van der Waals surface area (Å²) in [6, 6.07) is 10.4. The molecule has 0 radical (unpaired) electrons. The van der Waals surface area contributed by atoms with Crippen LogP contribution in [0.15, 0.2) is 41.0 Å². The molecule has 4 rings (SSSR count). The number of piperazine rings is 1. The van der Waals surface area contributed by atoms with Crippen LogP contribution < -0.4 is 5.32 Å². The first-order valence-electron chi connectivity index (χ1n) is 10.1. The summed E-state index contributed by atoms with van der Waals surface area (Å²) in [7, 11) is 0. The minimum Gasteiger partial charge on any atom is -0.444 e. The van der Waals surface area contributed by atoms with Crippen molar-refractivity contribution in [2.75, 3.05) is 26.2 Å². The molecule has 2 amide bonds. The molecule has 6 heteroatoms. The lowest BCUT2D eigenvalue weighted by atomic mass is 9.96. The smallest absolute Gasteiger partial charge is 0.317 e. The van der Waals surface area contributed by atoms with E-state index in [1.54, 1.807) is 6.26 Å². The Balaban J connectivity index is 1.25. The van der Waals surface area contributed by atoms with E-state index in [2.05, 4.69) is 15.2 Å². The molecule has 1 saturated carbocycles. The van der Waals surface area contributed by atoms with Crippen LogP contribution >= 0.6 is 0 Å². The molecule has 2 aliphatic rings. The number of aromatic nitrogens is 1. The molecular formula is C21H28N4O2. The van der Waals surface area contributed by atoms with Gasteiger partial charge in [-0.25, -0.2) is 9.78 Å². The Kier molecular flexibility index (Phi) is 5.72. The lowest BCUT2D eigenvalue weighted by molar-refractivity contribution is 0.131. The number of benzene rings is 1. The number of urea groups is 1. The second-order valence-electron chi connectivity index (χ2n) is 7.56. The molecule has 1 aliphatic carbocycles. The van der Waals surface area contributed by atoms with Crippen molar-refractivity contribution in [2.24, 2.45) is 0 Å². The fourth-order valence-electron chi connectivity index (χ4n) is 3.94. The van der Waals surface area contributed by atoms with Crippen LogP contribution in [0, 0.1) is 0 Å². The number of carbonyl (C=O) groups is 1. The van der Waals surface area contributed by atoms with Crippen LogP contribution in [0.1, 0.15) is 37.8 Å². The van der Waals surface area contributed by atoms with E-state index in [0.29, 0.717) is 11.9 Å². The molecule has 1 aromatic carbocycles. The Morgan fingerprint density at radius 1 is 1.07 bits per heavy atom. The van der Waals surface area contributed by atoms with E-state index in [1.165, 1.54) is 19.3 Å². The summed E-state index contributed by atoms with van der Waals surface area (Å²) in [6.07, 6.45) is 7.77. The van der Waals surface area contributed by atoms with Gasteiger partial charge >= 0.3 is 6.03 Å². The maximum absolute atomic E-state index is 12.5. The zero-order valence-electron chi connectivity index (χ0n) is 15.8. The van der Waals surface area contributed by atoms with E-state index in [0.717, 1.165) is 56.8 Å². The standard InChI is InChI=1S/C21H28N4O2/c26-21(23-18-9-5-2-6-10-18)25-13-11-24(12-14-25)15-19-16-27-20(22-19)17-7-3-1-4-8-17/h1,3-4,7-8,16,18H,2,5-6,9-15H2,(H,23,26). The molecule has 0 spiro atoms. The molecule has 27 heavy (non-hydrogen) atoms. The molecule has 144 valence electrons. The van der Waals surface area contributed by atoms with Crippen LogP contribution in [-0.2, 0) is 6.54 Å². The van der Waals surface area contributed by atoms with E-state index in [9.17, 15) is 4.79 Å². The minimum absolute atomic E-state index is 0.106. The number of rotatable bonds is 4. The second-order valence-corrected chi connectivity index (χ2v) is 7.56. The molecule has 0 unspecified atom stereocenters. The highest BCUT2D eigenvalue weighted by atomic mass is 16.3. The van der Waals surface area contributed by atoms with Crippen molar-refractivity contribution in [2.45, 2.75) is 44.7 Å². The Labute approximate surface area is 160 Å². The molecule has 1 saturated heterocycles. The predicted molar refractivity (Wildman–Crippen MR) is 104 cm³/mol. The summed E-state index contributed by atoms with van der Waals surface area (Å²) in [4.78, 5) is 21.3. The van der Waals surface area contributed by atoms with E-state index in [-0.39, 0.29) is 6.03 Å². The number of nitrogens with one attached hydrogen (secondary N) is 1. The molecule has 1 N–H and O–H groups in total. The molecule has 2 fully saturated rings. The Bertz CT molecular complexity index is 732. The predicted octanol–water partition coefficient (Wildman–Crippen LogP) is 3.50. The number of nitrogens with zero attached hydrogens (tertiary/aromatic N) is 3. The number of oxazole rings is 1. The van der Waals surface area contributed by atoms with Crippen molar-refractivity contribution in [1.82, 2.24) is 20.1 Å². The number of carbonyl (C=O) groups excluding carboxylic acids is 1. The van der Waals surface area contributed by atoms with Crippen LogP contribution in [0.5, 0.6) is 0 Å². The monoisotopic (exact) mass is 368 g/mol. The fourth-order valence-corrected chi connectivity index (χ4v) is 3.94. The second kappa shape index (κ2) is 8.57. The highest BCUT2D eigenvalue weighted by Gasteiger charge is 2.24. The van der Waals surface area contributed by atoms with Gasteiger partial charge in [-0.15, -0.1) is 0 Å². The van der Waals surface area contributed by atoms with Crippen molar-refractivity contribution in [1.29, 1.82) is 0 Å². The van der Waals surface area contributed by atoms with E-state index in [4.69, 9.17) is 4.42 Å². The van der Waals surface area contributed by atoms with Crippen molar-refractivity contribution >= 4 is 6.03 Å². The van der Waals surface area contributed by atoms with Gasteiger partial charge in [-0.05, 0) is 25.0 Å². The summed E-state index contributed by atoms with van der Waals surface area (Å²) in [5.41, 5.74) is 1.93. The quantitative estimate of drug-likeness (QED) is 0.897. The first kappa shape index (κ1) is 18.0. The third-order valence-corrected chi connectivity index (χ3v) is 5.55. The highest BCUT2D eigenvalue weighted by molar-refractivity contribution is 5.74. The fraction of sp³-hybridized carbons (Fsp3) is 0.524. The Morgan fingerprint density at radius 3 is 2.56 bits per heavy atom. The first-order chi connectivity index (χ1) is 13.3. The van der Waals surface area contributed by atoms with Gasteiger partial charge in [-0.3, -0.25) is 4.90 Å². The third-order valence-electron chi connectivity index (χ3n) is 5.55. The molecular weight excluding hydrogens is 340 g/mol. The van der Waals surface area contributed by atoms with E-state index >= 15 is 0 Å². The molecule has 0 atom stereocenters. The highest BCUT2D eigenvalue weighted by Crippen LogP contribution is 2.20. The summed E-state index contributed by atoms with van der Waals surface area (Å²) in [6.45, 7) is 4.02.